The summed E-state index contributed by atoms with van der Waals surface area (Å²) in [6.45, 7) is 1.83. The van der Waals surface area contributed by atoms with Crippen LogP contribution in [0.3, 0.4) is 0 Å². The molecule has 0 bridgehead atoms. The minimum Gasteiger partial charge on any atom is -0.489 e. The third kappa shape index (κ3) is 3.32. The molecule has 0 amide bonds. The van der Waals surface area contributed by atoms with Crippen molar-refractivity contribution in [3.05, 3.63) is 64.7 Å². The highest BCUT2D eigenvalue weighted by Gasteiger charge is 2.09. The summed E-state index contributed by atoms with van der Waals surface area (Å²) < 4.78 is 31.7. The molecule has 3 nitrogen and oxygen atoms in total. The summed E-state index contributed by atoms with van der Waals surface area (Å²) in [5.74, 6) is -2.24. The Hall–Kier alpha value is -2.43. The molecule has 0 aliphatic heterocycles. The Balaban J connectivity index is 2.18. The third-order valence-electron chi connectivity index (χ3n) is 2.82. The Morgan fingerprint density at radius 1 is 1.15 bits per heavy atom. The van der Waals surface area contributed by atoms with E-state index in [2.05, 4.69) is 0 Å². The van der Waals surface area contributed by atoms with Gasteiger partial charge in [0.1, 0.15) is 24.0 Å². The molecule has 0 radical (unpaired) electrons. The van der Waals surface area contributed by atoms with Crippen LogP contribution >= 0.6 is 0 Å². The van der Waals surface area contributed by atoms with Crippen LogP contribution in [0.25, 0.3) is 0 Å². The van der Waals surface area contributed by atoms with Crippen molar-refractivity contribution in [1.82, 2.24) is 0 Å². The van der Waals surface area contributed by atoms with Crippen LogP contribution in [0.2, 0.25) is 0 Å². The van der Waals surface area contributed by atoms with E-state index < -0.39 is 11.8 Å². The fourth-order valence-corrected chi connectivity index (χ4v) is 1.73. The first-order chi connectivity index (χ1) is 9.45. The number of halogens is 2. The normalized spacial score (nSPS) is 10.3. The van der Waals surface area contributed by atoms with Crippen molar-refractivity contribution in [3.8, 4) is 5.75 Å². The summed E-state index contributed by atoms with van der Waals surface area (Å²) in [5.41, 5.74) is 1.25. The number of hydrogen-bond donors (Lipinski definition) is 1. The molecule has 1 N–H and O–H groups in total. The molecule has 2 aromatic rings. The van der Waals surface area contributed by atoms with Gasteiger partial charge >= 0.3 is 5.97 Å². The van der Waals surface area contributed by atoms with Gasteiger partial charge < -0.3 is 9.84 Å². The lowest BCUT2D eigenvalue weighted by molar-refractivity contribution is 0.0695. The average molecular weight is 278 g/mol. The smallest absolute Gasteiger partial charge is 0.335 e. The van der Waals surface area contributed by atoms with Crippen LogP contribution in [0.4, 0.5) is 8.78 Å². The number of aromatic carboxylic acids is 1. The van der Waals surface area contributed by atoms with Crippen molar-refractivity contribution < 1.29 is 23.4 Å². The molecular weight excluding hydrogens is 266 g/mol. The van der Waals surface area contributed by atoms with Crippen molar-refractivity contribution in [3.63, 3.8) is 0 Å². The first-order valence-corrected chi connectivity index (χ1v) is 5.87. The zero-order chi connectivity index (χ0) is 14.7. The highest BCUT2D eigenvalue weighted by Crippen LogP contribution is 2.19. The second kappa shape index (κ2) is 5.69. The van der Waals surface area contributed by atoms with Gasteiger partial charge in [-0.05, 0) is 42.3 Å². The van der Waals surface area contributed by atoms with Crippen LogP contribution in [0.15, 0.2) is 36.4 Å². The van der Waals surface area contributed by atoms with E-state index in [0.717, 1.165) is 17.7 Å². The Bertz CT molecular complexity index is 654. The molecule has 0 aromatic heterocycles. The van der Waals surface area contributed by atoms with E-state index in [1.165, 1.54) is 18.2 Å². The molecule has 0 spiro atoms. The maximum atomic E-state index is 13.3. The fourth-order valence-electron chi connectivity index (χ4n) is 1.73. The topological polar surface area (TPSA) is 46.5 Å². The van der Waals surface area contributed by atoms with Crippen molar-refractivity contribution in [1.29, 1.82) is 0 Å². The average Bonchev–Trinajstić information content (AvgIpc) is 2.39. The summed E-state index contributed by atoms with van der Waals surface area (Å²) in [6, 6.07) is 7.49. The van der Waals surface area contributed by atoms with Gasteiger partial charge in [0.25, 0.3) is 0 Å². The molecule has 0 aliphatic rings. The van der Waals surface area contributed by atoms with Gasteiger partial charge in [-0.3, -0.25) is 0 Å². The van der Waals surface area contributed by atoms with Gasteiger partial charge in [0.05, 0.1) is 5.56 Å². The van der Waals surface area contributed by atoms with E-state index in [1.807, 2.05) is 0 Å². The Morgan fingerprint density at radius 3 is 2.60 bits per heavy atom. The molecule has 0 heterocycles. The van der Waals surface area contributed by atoms with E-state index in [1.54, 1.807) is 13.0 Å². The maximum Gasteiger partial charge on any atom is 0.335 e. The quantitative estimate of drug-likeness (QED) is 0.930. The monoisotopic (exact) mass is 278 g/mol. The molecule has 104 valence electrons. The zero-order valence-corrected chi connectivity index (χ0v) is 10.7. The Labute approximate surface area is 114 Å². The summed E-state index contributed by atoms with van der Waals surface area (Å²) in [5, 5.41) is 8.83. The summed E-state index contributed by atoms with van der Waals surface area (Å²) in [4.78, 5) is 10.8. The van der Waals surface area contributed by atoms with Crippen LogP contribution < -0.4 is 4.74 Å². The van der Waals surface area contributed by atoms with Gasteiger partial charge in [0.2, 0.25) is 0 Å². The van der Waals surface area contributed by atoms with Crippen LogP contribution in [0.5, 0.6) is 5.75 Å². The first kappa shape index (κ1) is 14.0. The molecule has 5 heteroatoms. The number of aryl methyl sites for hydroxylation is 1. The number of ether oxygens (including phenoxy) is 1. The molecule has 0 aliphatic carbocycles. The Morgan fingerprint density at radius 2 is 1.90 bits per heavy atom. The molecule has 0 unspecified atom stereocenters. The molecule has 0 saturated heterocycles. The molecule has 20 heavy (non-hydrogen) atoms. The minimum atomic E-state index is -1.24. The van der Waals surface area contributed by atoms with Crippen LogP contribution in [0, 0.1) is 18.6 Å². The number of carboxylic acid groups (broad SMARTS) is 1. The molecule has 2 rings (SSSR count). The number of rotatable bonds is 4. The molecule has 2 aromatic carbocycles. The van der Waals surface area contributed by atoms with Gasteiger partial charge in [-0.2, -0.15) is 0 Å². The number of carbonyl (C=O) groups is 1. The summed E-state index contributed by atoms with van der Waals surface area (Å²) in [6.07, 6.45) is 0. The van der Waals surface area contributed by atoms with Crippen molar-refractivity contribution in [2.24, 2.45) is 0 Å². The number of hydrogen-bond acceptors (Lipinski definition) is 2. The molecule has 0 atom stereocenters. The highest BCUT2D eigenvalue weighted by atomic mass is 19.1. The zero-order valence-electron chi connectivity index (χ0n) is 10.7. The van der Waals surface area contributed by atoms with Gasteiger partial charge in [-0.25, -0.2) is 13.6 Å². The second-order valence-electron chi connectivity index (χ2n) is 4.34. The van der Waals surface area contributed by atoms with E-state index >= 15 is 0 Å². The van der Waals surface area contributed by atoms with Gasteiger partial charge in [-0.15, -0.1) is 0 Å². The van der Waals surface area contributed by atoms with Crippen molar-refractivity contribution in [2.75, 3.05) is 0 Å². The van der Waals surface area contributed by atoms with Gasteiger partial charge in [0, 0.05) is 6.07 Å². The van der Waals surface area contributed by atoms with Gasteiger partial charge in [-0.1, -0.05) is 6.07 Å². The van der Waals surface area contributed by atoms with Gasteiger partial charge in [0.15, 0.2) is 0 Å². The predicted octanol–water partition coefficient (Wildman–Crippen LogP) is 3.55. The fraction of sp³-hybridized carbons (Fsp3) is 0.133. The molecular formula is C15H12F2O3. The Kier molecular flexibility index (Phi) is 3.98. The van der Waals surface area contributed by atoms with Crippen LogP contribution in [-0.4, -0.2) is 11.1 Å². The lowest BCUT2D eigenvalue weighted by Crippen LogP contribution is -2.02. The second-order valence-corrected chi connectivity index (χ2v) is 4.34. The van der Waals surface area contributed by atoms with E-state index in [-0.39, 0.29) is 23.7 Å². The van der Waals surface area contributed by atoms with Crippen LogP contribution in [-0.2, 0) is 6.61 Å². The largest absolute Gasteiger partial charge is 0.489 e. The predicted molar refractivity (Wildman–Crippen MR) is 68.8 cm³/mol. The third-order valence-corrected chi connectivity index (χ3v) is 2.82. The van der Waals surface area contributed by atoms with E-state index in [4.69, 9.17) is 9.84 Å². The SMILES string of the molecule is Cc1ccc(F)cc1COc1cc(F)cc(C(=O)O)c1. The lowest BCUT2D eigenvalue weighted by atomic mass is 10.1. The lowest BCUT2D eigenvalue weighted by Gasteiger charge is -2.09. The maximum absolute atomic E-state index is 13.3. The standard InChI is InChI=1S/C15H12F2O3/c1-9-2-3-12(16)5-11(9)8-20-14-6-10(15(18)19)4-13(17)7-14/h2-7H,8H2,1H3,(H,18,19). The van der Waals surface area contributed by atoms with E-state index in [0.29, 0.717) is 5.56 Å². The summed E-state index contributed by atoms with van der Waals surface area (Å²) in [7, 11) is 0. The highest BCUT2D eigenvalue weighted by molar-refractivity contribution is 5.88. The molecule has 0 saturated carbocycles. The van der Waals surface area contributed by atoms with Crippen molar-refractivity contribution in [2.45, 2.75) is 13.5 Å². The number of carboxylic acids is 1. The minimum absolute atomic E-state index is 0.0338. The van der Waals surface area contributed by atoms with Crippen LogP contribution in [0.1, 0.15) is 21.5 Å². The van der Waals surface area contributed by atoms with E-state index in [9.17, 15) is 13.6 Å². The molecule has 0 fully saturated rings. The van der Waals surface area contributed by atoms with Crippen molar-refractivity contribution >= 4 is 5.97 Å². The number of benzene rings is 2. The summed E-state index contributed by atoms with van der Waals surface area (Å²) >= 11 is 0. The first-order valence-electron chi connectivity index (χ1n) is 5.87.